The standard InChI is InChI=1S/C25H31N3O2/c1-16-5-10-21-20(13-16)22(14-23(28-21)25(2,3)4)26-18-6-8-19(9-7-18)27-24(29)17-11-12-30-15-17/h5,10-15,18-19H,6-9H2,1-4H3,(H,26,28)(H,27,29). The van der Waals surface area contributed by atoms with E-state index in [9.17, 15) is 4.79 Å². The minimum Gasteiger partial charge on any atom is -0.472 e. The van der Waals surface area contributed by atoms with E-state index in [-0.39, 0.29) is 17.4 Å². The van der Waals surface area contributed by atoms with Crippen LogP contribution >= 0.6 is 0 Å². The van der Waals surface area contributed by atoms with Gasteiger partial charge in [0.25, 0.3) is 5.91 Å². The molecule has 0 bridgehead atoms. The Morgan fingerprint density at radius 1 is 1.07 bits per heavy atom. The highest BCUT2D eigenvalue weighted by atomic mass is 16.3. The third-order valence-corrected chi connectivity index (χ3v) is 5.94. The molecule has 5 heteroatoms. The molecule has 0 saturated heterocycles. The highest BCUT2D eigenvalue weighted by molar-refractivity contribution is 5.94. The number of nitrogens with zero attached hydrogens (tertiary/aromatic N) is 1. The SMILES string of the molecule is Cc1ccc2nc(C(C)(C)C)cc(NC3CCC(NC(=O)c4ccoc4)CC3)c2c1. The lowest BCUT2D eigenvalue weighted by atomic mass is 9.89. The zero-order chi connectivity index (χ0) is 21.3. The zero-order valence-corrected chi connectivity index (χ0v) is 18.3. The number of amides is 1. The Hall–Kier alpha value is -2.82. The summed E-state index contributed by atoms with van der Waals surface area (Å²) in [4.78, 5) is 17.2. The quantitative estimate of drug-likeness (QED) is 0.594. The fraction of sp³-hybridized carbons (Fsp3) is 0.440. The van der Waals surface area contributed by atoms with E-state index in [2.05, 4.69) is 62.6 Å². The van der Waals surface area contributed by atoms with Crippen LogP contribution in [0, 0.1) is 6.92 Å². The van der Waals surface area contributed by atoms with Gasteiger partial charge in [0.15, 0.2) is 0 Å². The number of fused-ring (bicyclic) bond motifs is 1. The van der Waals surface area contributed by atoms with Crippen LogP contribution in [0.5, 0.6) is 0 Å². The number of hydrogen-bond donors (Lipinski definition) is 2. The van der Waals surface area contributed by atoms with E-state index in [1.807, 2.05) is 0 Å². The summed E-state index contributed by atoms with van der Waals surface area (Å²) in [5, 5.41) is 8.11. The lowest BCUT2D eigenvalue weighted by Crippen LogP contribution is -2.40. The number of furan rings is 1. The topological polar surface area (TPSA) is 67.2 Å². The Morgan fingerprint density at radius 3 is 2.47 bits per heavy atom. The number of aryl methyl sites for hydroxylation is 1. The summed E-state index contributed by atoms with van der Waals surface area (Å²) in [6.07, 6.45) is 7.01. The van der Waals surface area contributed by atoms with Crippen molar-refractivity contribution < 1.29 is 9.21 Å². The summed E-state index contributed by atoms with van der Waals surface area (Å²) in [6, 6.07) is 11.0. The van der Waals surface area contributed by atoms with Gasteiger partial charge in [-0.15, -0.1) is 0 Å². The molecule has 0 spiro atoms. The maximum atomic E-state index is 12.3. The number of rotatable bonds is 4. The number of benzene rings is 1. The monoisotopic (exact) mass is 405 g/mol. The smallest absolute Gasteiger partial charge is 0.254 e. The second-order valence-electron chi connectivity index (χ2n) is 9.50. The first-order valence-electron chi connectivity index (χ1n) is 10.8. The molecule has 5 nitrogen and oxygen atoms in total. The predicted molar refractivity (Wildman–Crippen MR) is 121 cm³/mol. The molecule has 2 heterocycles. The average Bonchev–Trinajstić information content (AvgIpc) is 3.24. The second-order valence-corrected chi connectivity index (χ2v) is 9.50. The van der Waals surface area contributed by atoms with Gasteiger partial charge in [0, 0.05) is 34.3 Å². The van der Waals surface area contributed by atoms with Crippen LogP contribution in [-0.4, -0.2) is 23.0 Å². The lowest BCUT2D eigenvalue weighted by Gasteiger charge is -2.31. The summed E-state index contributed by atoms with van der Waals surface area (Å²) in [6.45, 7) is 8.72. The minimum absolute atomic E-state index is 0.00939. The van der Waals surface area contributed by atoms with Crippen LogP contribution in [0.25, 0.3) is 10.9 Å². The first-order chi connectivity index (χ1) is 14.3. The van der Waals surface area contributed by atoms with E-state index < -0.39 is 0 Å². The molecule has 1 fully saturated rings. The molecule has 1 aliphatic rings. The van der Waals surface area contributed by atoms with Crippen LogP contribution < -0.4 is 10.6 Å². The zero-order valence-electron chi connectivity index (χ0n) is 18.3. The molecule has 2 N–H and O–H groups in total. The second kappa shape index (κ2) is 8.13. The Bertz CT molecular complexity index is 1030. The third-order valence-electron chi connectivity index (χ3n) is 5.94. The van der Waals surface area contributed by atoms with Crippen LogP contribution in [0.4, 0.5) is 5.69 Å². The van der Waals surface area contributed by atoms with E-state index in [1.165, 1.54) is 29.2 Å². The van der Waals surface area contributed by atoms with Crippen LogP contribution in [0.2, 0.25) is 0 Å². The summed E-state index contributed by atoms with van der Waals surface area (Å²) in [7, 11) is 0. The Morgan fingerprint density at radius 2 is 1.80 bits per heavy atom. The Labute approximate surface area is 178 Å². The molecule has 1 aliphatic carbocycles. The molecule has 1 saturated carbocycles. The van der Waals surface area contributed by atoms with E-state index in [0.29, 0.717) is 11.6 Å². The largest absolute Gasteiger partial charge is 0.472 e. The highest BCUT2D eigenvalue weighted by Crippen LogP contribution is 2.32. The Balaban J connectivity index is 1.47. The summed E-state index contributed by atoms with van der Waals surface area (Å²) < 4.78 is 5.01. The van der Waals surface area contributed by atoms with Crippen LogP contribution in [-0.2, 0) is 5.41 Å². The van der Waals surface area contributed by atoms with Crippen molar-refractivity contribution in [3.8, 4) is 0 Å². The summed E-state index contributed by atoms with van der Waals surface area (Å²) in [5.41, 5.74) is 5.12. The van der Waals surface area contributed by atoms with Crippen LogP contribution in [0.3, 0.4) is 0 Å². The van der Waals surface area contributed by atoms with Gasteiger partial charge in [-0.05, 0) is 56.9 Å². The Kier molecular flexibility index (Phi) is 5.54. The average molecular weight is 406 g/mol. The molecule has 0 aliphatic heterocycles. The van der Waals surface area contributed by atoms with Crippen molar-refractivity contribution in [3.05, 3.63) is 59.7 Å². The van der Waals surface area contributed by atoms with Crippen molar-refractivity contribution in [2.24, 2.45) is 0 Å². The van der Waals surface area contributed by atoms with Crippen molar-refractivity contribution in [3.63, 3.8) is 0 Å². The molecule has 0 atom stereocenters. The van der Waals surface area contributed by atoms with Crippen molar-refractivity contribution in [1.29, 1.82) is 0 Å². The van der Waals surface area contributed by atoms with Gasteiger partial charge >= 0.3 is 0 Å². The van der Waals surface area contributed by atoms with Crippen molar-refractivity contribution in [2.75, 3.05) is 5.32 Å². The van der Waals surface area contributed by atoms with Gasteiger partial charge in [-0.1, -0.05) is 32.4 Å². The number of nitrogens with one attached hydrogen (secondary N) is 2. The number of anilines is 1. The van der Waals surface area contributed by atoms with Crippen molar-refractivity contribution in [2.45, 2.75) is 70.9 Å². The predicted octanol–water partition coefficient (Wildman–Crippen LogP) is 5.59. The molecule has 1 amide bonds. The van der Waals surface area contributed by atoms with E-state index in [0.717, 1.165) is 36.9 Å². The van der Waals surface area contributed by atoms with Gasteiger partial charge in [0.05, 0.1) is 17.3 Å². The number of carbonyl (C=O) groups excluding carboxylic acids is 1. The summed E-state index contributed by atoms with van der Waals surface area (Å²) in [5.74, 6) is -0.0504. The fourth-order valence-corrected chi connectivity index (χ4v) is 4.11. The number of pyridine rings is 1. The molecule has 1 aromatic carbocycles. The first-order valence-corrected chi connectivity index (χ1v) is 10.8. The molecule has 4 rings (SSSR count). The molecular weight excluding hydrogens is 374 g/mol. The third kappa shape index (κ3) is 4.50. The molecule has 158 valence electrons. The lowest BCUT2D eigenvalue weighted by molar-refractivity contribution is 0.0926. The number of aromatic nitrogens is 1. The highest BCUT2D eigenvalue weighted by Gasteiger charge is 2.24. The van der Waals surface area contributed by atoms with Crippen LogP contribution in [0.15, 0.2) is 47.3 Å². The molecule has 3 aromatic rings. The van der Waals surface area contributed by atoms with Crippen molar-refractivity contribution in [1.82, 2.24) is 10.3 Å². The van der Waals surface area contributed by atoms with Gasteiger partial charge < -0.3 is 15.1 Å². The normalized spacial score (nSPS) is 19.6. The number of carbonyl (C=O) groups is 1. The molecule has 0 radical (unpaired) electrons. The van der Waals surface area contributed by atoms with E-state index in [1.54, 1.807) is 6.07 Å². The van der Waals surface area contributed by atoms with E-state index in [4.69, 9.17) is 9.40 Å². The summed E-state index contributed by atoms with van der Waals surface area (Å²) >= 11 is 0. The van der Waals surface area contributed by atoms with E-state index >= 15 is 0 Å². The molecule has 30 heavy (non-hydrogen) atoms. The van der Waals surface area contributed by atoms with Gasteiger partial charge in [0.1, 0.15) is 6.26 Å². The van der Waals surface area contributed by atoms with Crippen LogP contribution in [0.1, 0.15) is 68.1 Å². The van der Waals surface area contributed by atoms with Gasteiger partial charge in [-0.25, -0.2) is 0 Å². The van der Waals surface area contributed by atoms with Gasteiger partial charge in [-0.3, -0.25) is 9.78 Å². The maximum absolute atomic E-state index is 12.3. The number of hydrogen-bond acceptors (Lipinski definition) is 4. The minimum atomic E-state index is -0.0504. The molecular formula is C25H31N3O2. The van der Waals surface area contributed by atoms with Gasteiger partial charge in [0.2, 0.25) is 0 Å². The molecule has 0 unspecified atom stereocenters. The van der Waals surface area contributed by atoms with Crippen molar-refractivity contribution >= 4 is 22.5 Å². The maximum Gasteiger partial charge on any atom is 0.254 e. The first kappa shape index (κ1) is 20.5. The van der Waals surface area contributed by atoms with Gasteiger partial charge in [-0.2, -0.15) is 0 Å². The fourth-order valence-electron chi connectivity index (χ4n) is 4.11. The molecule has 2 aromatic heterocycles.